The third kappa shape index (κ3) is 4.45. The van der Waals surface area contributed by atoms with Gasteiger partial charge in [0.15, 0.2) is 5.92 Å². The van der Waals surface area contributed by atoms with Crippen LogP contribution in [0.3, 0.4) is 0 Å². The molecule has 0 saturated carbocycles. The molecule has 0 aliphatic heterocycles. The minimum absolute atomic E-state index is 0.274. The molecule has 0 aliphatic carbocycles. The second-order valence-electron chi connectivity index (χ2n) is 4.13. The molecule has 0 heterocycles. The molecule has 2 atom stereocenters. The van der Waals surface area contributed by atoms with Gasteiger partial charge in [-0.3, -0.25) is 0 Å². The quantitative estimate of drug-likeness (QED) is 0.896. The summed E-state index contributed by atoms with van der Waals surface area (Å²) in [5.41, 5.74) is 0.833. The smallest absolute Gasteiger partial charge is 0.405 e. The van der Waals surface area contributed by atoms with Crippen LogP contribution in [0.1, 0.15) is 18.5 Å². The van der Waals surface area contributed by atoms with Gasteiger partial charge in [0.25, 0.3) is 0 Å². The number of hydrogen-bond acceptors (Lipinski definition) is 3. The van der Waals surface area contributed by atoms with Crippen LogP contribution in [-0.4, -0.2) is 19.8 Å². The summed E-state index contributed by atoms with van der Waals surface area (Å²) >= 11 is 0. The third-order valence-corrected chi connectivity index (χ3v) is 2.79. The SMILES string of the molecule is COc1ccc([C@H](C)NCC(C#N)C(F)(F)F)cc1. The van der Waals surface area contributed by atoms with Crippen LogP contribution in [-0.2, 0) is 0 Å². The number of benzene rings is 1. The minimum Gasteiger partial charge on any atom is -0.497 e. The summed E-state index contributed by atoms with van der Waals surface area (Å²) in [6.07, 6.45) is -4.50. The fourth-order valence-corrected chi connectivity index (χ4v) is 1.54. The van der Waals surface area contributed by atoms with E-state index in [1.54, 1.807) is 31.2 Å². The monoisotopic (exact) mass is 272 g/mol. The van der Waals surface area contributed by atoms with E-state index in [0.717, 1.165) is 5.56 Å². The molecule has 3 nitrogen and oxygen atoms in total. The summed E-state index contributed by atoms with van der Waals surface area (Å²) in [6, 6.07) is 7.99. The van der Waals surface area contributed by atoms with Crippen molar-refractivity contribution in [3.05, 3.63) is 29.8 Å². The maximum absolute atomic E-state index is 12.4. The highest BCUT2D eigenvalue weighted by atomic mass is 19.4. The molecule has 0 aliphatic rings. The van der Waals surface area contributed by atoms with Gasteiger partial charge in [-0.2, -0.15) is 18.4 Å². The lowest BCUT2D eigenvalue weighted by Gasteiger charge is -2.18. The Kier molecular flexibility index (Phi) is 5.19. The van der Waals surface area contributed by atoms with Crippen molar-refractivity contribution in [3.8, 4) is 11.8 Å². The molecule has 1 aromatic rings. The van der Waals surface area contributed by atoms with Crippen molar-refractivity contribution in [1.29, 1.82) is 5.26 Å². The molecule has 1 aromatic carbocycles. The molecule has 0 amide bonds. The summed E-state index contributed by atoms with van der Waals surface area (Å²) < 4.78 is 42.2. The van der Waals surface area contributed by atoms with Gasteiger partial charge in [-0.05, 0) is 24.6 Å². The van der Waals surface area contributed by atoms with E-state index in [1.807, 2.05) is 0 Å². The lowest BCUT2D eigenvalue weighted by atomic mass is 10.1. The largest absolute Gasteiger partial charge is 0.497 e. The van der Waals surface area contributed by atoms with Gasteiger partial charge in [-0.15, -0.1) is 0 Å². The van der Waals surface area contributed by atoms with E-state index in [1.165, 1.54) is 13.2 Å². The molecule has 0 radical (unpaired) electrons. The lowest BCUT2D eigenvalue weighted by molar-refractivity contribution is -0.157. The third-order valence-electron chi connectivity index (χ3n) is 2.79. The first-order valence-corrected chi connectivity index (χ1v) is 5.72. The van der Waals surface area contributed by atoms with E-state index in [0.29, 0.717) is 5.75 Å². The van der Waals surface area contributed by atoms with Crippen LogP contribution < -0.4 is 10.1 Å². The number of ether oxygens (including phenoxy) is 1. The molecule has 0 saturated heterocycles. The van der Waals surface area contributed by atoms with E-state index in [9.17, 15) is 13.2 Å². The molecular weight excluding hydrogens is 257 g/mol. The van der Waals surface area contributed by atoms with Gasteiger partial charge in [0, 0.05) is 12.6 Å². The molecule has 104 valence electrons. The predicted molar refractivity (Wildman–Crippen MR) is 64.6 cm³/mol. The maximum Gasteiger partial charge on any atom is 0.405 e. The second kappa shape index (κ2) is 6.43. The van der Waals surface area contributed by atoms with Crippen molar-refractivity contribution < 1.29 is 17.9 Å². The van der Waals surface area contributed by atoms with E-state index in [4.69, 9.17) is 10.00 Å². The van der Waals surface area contributed by atoms with Crippen LogP contribution in [0.5, 0.6) is 5.75 Å². The van der Waals surface area contributed by atoms with Crippen LogP contribution >= 0.6 is 0 Å². The topological polar surface area (TPSA) is 45.0 Å². The Morgan fingerprint density at radius 3 is 2.32 bits per heavy atom. The van der Waals surface area contributed by atoms with Gasteiger partial charge >= 0.3 is 6.18 Å². The number of nitrogens with one attached hydrogen (secondary N) is 1. The van der Waals surface area contributed by atoms with E-state index >= 15 is 0 Å². The standard InChI is InChI=1S/C13H15F3N2O/c1-9(10-3-5-12(19-2)6-4-10)18-8-11(7-17)13(14,15)16/h3-6,9,11,18H,8H2,1-2H3/t9-,11?/m0/s1. The Labute approximate surface area is 110 Å². The Balaban J connectivity index is 2.59. The highest BCUT2D eigenvalue weighted by molar-refractivity contribution is 5.28. The van der Waals surface area contributed by atoms with Gasteiger partial charge < -0.3 is 10.1 Å². The molecule has 6 heteroatoms. The van der Waals surface area contributed by atoms with Gasteiger partial charge in [0.2, 0.25) is 0 Å². The fourth-order valence-electron chi connectivity index (χ4n) is 1.54. The molecule has 0 spiro atoms. The van der Waals surface area contributed by atoms with Crippen LogP contribution in [0.25, 0.3) is 0 Å². The Morgan fingerprint density at radius 1 is 1.32 bits per heavy atom. The molecule has 0 bridgehead atoms. The first-order chi connectivity index (χ1) is 8.88. The van der Waals surface area contributed by atoms with Crippen molar-refractivity contribution in [1.82, 2.24) is 5.32 Å². The summed E-state index contributed by atoms with van der Waals surface area (Å²) in [4.78, 5) is 0. The summed E-state index contributed by atoms with van der Waals surface area (Å²) in [5, 5.41) is 11.2. The number of alkyl halides is 3. The normalized spacial score (nSPS) is 14.5. The van der Waals surface area contributed by atoms with E-state index in [2.05, 4.69) is 5.32 Å². The van der Waals surface area contributed by atoms with Crippen LogP contribution in [0.15, 0.2) is 24.3 Å². The molecular formula is C13H15F3N2O. The van der Waals surface area contributed by atoms with Crippen LogP contribution in [0.4, 0.5) is 13.2 Å². The molecule has 19 heavy (non-hydrogen) atoms. The lowest BCUT2D eigenvalue weighted by Crippen LogP contribution is -2.33. The average Bonchev–Trinajstić information content (AvgIpc) is 2.37. The molecule has 1 unspecified atom stereocenters. The number of nitriles is 1. The highest BCUT2D eigenvalue weighted by Gasteiger charge is 2.39. The van der Waals surface area contributed by atoms with E-state index in [-0.39, 0.29) is 6.04 Å². The Bertz CT molecular complexity index is 437. The number of hydrogen-bond donors (Lipinski definition) is 1. The van der Waals surface area contributed by atoms with E-state index < -0.39 is 18.6 Å². The molecule has 0 aromatic heterocycles. The van der Waals surface area contributed by atoms with Crippen molar-refractivity contribution in [2.24, 2.45) is 5.92 Å². The number of methoxy groups -OCH3 is 1. The first kappa shape index (κ1) is 15.3. The summed E-state index contributed by atoms with van der Waals surface area (Å²) in [6.45, 7) is 1.32. The van der Waals surface area contributed by atoms with Gasteiger partial charge in [-0.25, -0.2) is 0 Å². The predicted octanol–water partition coefficient (Wildman–Crippen LogP) is 3.05. The fraction of sp³-hybridized carbons (Fsp3) is 0.462. The van der Waals surface area contributed by atoms with Crippen molar-refractivity contribution in [3.63, 3.8) is 0 Å². The van der Waals surface area contributed by atoms with Crippen molar-refractivity contribution in [2.45, 2.75) is 19.1 Å². The Morgan fingerprint density at radius 2 is 1.89 bits per heavy atom. The van der Waals surface area contributed by atoms with Gasteiger partial charge in [0.1, 0.15) is 5.75 Å². The minimum atomic E-state index is -4.50. The summed E-state index contributed by atoms with van der Waals surface area (Å²) in [7, 11) is 1.54. The zero-order valence-electron chi connectivity index (χ0n) is 10.7. The van der Waals surface area contributed by atoms with Crippen LogP contribution in [0.2, 0.25) is 0 Å². The molecule has 1 rings (SSSR count). The van der Waals surface area contributed by atoms with Gasteiger partial charge in [0.05, 0.1) is 13.2 Å². The average molecular weight is 272 g/mol. The number of nitrogens with zero attached hydrogens (tertiary/aromatic N) is 1. The maximum atomic E-state index is 12.4. The second-order valence-corrected chi connectivity index (χ2v) is 4.13. The van der Waals surface area contributed by atoms with Crippen molar-refractivity contribution >= 4 is 0 Å². The first-order valence-electron chi connectivity index (χ1n) is 5.72. The van der Waals surface area contributed by atoms with Gasteiger partial charge in [-0.1, -0.05) is 12.1 Å². The number of rotatable bonds is 5. The van der Waals surface area contributed by atoms with Crippen molar-refractivity contribution in [2.75, 3.05) is 13.7 Å². The number of halogens is 3. The molecule has 1 N–H and O–H groups in total. The Hall–Kier alpha value is -1.74. The van der Waals surface area contributed by atoms with Crippen LogP contribution in [0, 0.1) is 17.2 Å². The summed E-state index contributed by atoms with van der Waals surface area (Å²) in [5.74, 6) is -1.31. The zero-order valence-corrected chi connectivity index (χ0v) is 10.7. The highest BCUT2D eigenvalue weighted by Crippen LogP contribution is 2.26. The zero-order chi connectivity index (χ0) is 14.5. The molecule has 0 fully saturated rings.